The van der Waals surface area contributed by atoms with Crippen LogP contribution in [0.25, 0.3) is 0 Å². The Hall–Kier alpha value is -2.95. The monoisotopic (exact) mass is 306 g/mol. The summed E-state index contributed by atoms with van der Waals surface area (Å²) in [5.74, 6) is 0.610. The van der Waals surface area contributed by atoms with E-state index in [0.717, 1.165) is 17.1 Å². The fourth-order valence-electron chi connectivity index (χ4n) is 2.41. The van der Waals surface area contributed by atoms with Crippen molar-refractivity contribution < 1.29 is 4.79 Å². The first-order chi connectivity index (χ1) is 11.1. The smallest absolute Gasteiger partial charge is 0.253 e. The minimum absolute atomic E-state index is 0.172. The molecule has 23 heavy (non-hydrogen) atoms. The van der Waals surface area contributed by atoms with Crippen LogP contribution in [-0.4, -0.2) is 20.4 Å². The van der Waals surface area contributed by atoms with Crippen LogP contribution >= 0.6 is 0 Å². The van der Waals surface area contributed by atoms with Gasteiger partial charge in [0, 0.05) is 31.3 Å². The van der Waals surface area contributed by atoms with E-state index in [1.54, 1.807) is 18.5 Å². The van der Waals surface area contributed by atoms with Gasteiger partial charge in [0.05, 0.1) is 5.56 Å². The molecule has 1 aromatic carbocycles. The Kier molecular flexibility index (Phi) is 4.19. The molecule has 3 rings (SSSR count). The molecule has 0 saturated heterocycles. The van der Waals surface area contributed by atoms with E-state index in [0.29, 0.717) is 5.56 Å². The highest BCUT2D eigenvalue weighted by Gasteiger charge is 2.21. The Morgan fingerprint density at radius 3 is 2.52 bits per heavy atom. The number of carbonyl (C=O) groups excluding carboxylic acids is 1. The van der Waals surface area contributed by atoms with E-state index < -0.39 is 0 Å². The van der Waals surface area contributed by atoms with E-state index in [-0.39, 0.29) is 11.9 Å². The number of aromatic nitrogens is 3. The molecule has 0 aliphatic carbocycles. The maximum Gasteiger partial charge on any atom is 0.253 e. The Bertz CT molecular complexity index is 793. The lowest BCUT2D eigenvalue weighted by atomic mass is 10.1. The third-order valence-corrected chi connectivity index (χ3v) is 3.70. The molecule has 3 aromatic rings. The van der Waals surface area contributed by atoms with Crippen LogP contribution in [-0.2, 0) is 7.05 Å². The number of carbonyl (C=O) groups is 1. The lowest BCUT2D eigenvalue weighted by Gasteiger charge is -2.19. The van der Waals surface area contributed by atoms with Gasteiger partial charge in [0.1, 0.15) is 11.9 Å². The number of rotatable bonds is 4. The van der Waals surface area contributed by atoms with Crippen molar-refractivity contribution in [1.29, 1.82) is 0 Å². The molecular formula is C18H18N4O. The highest BCUT2D eigenvalue weighted by atomic mass is 16.1. The minimum Gasteiger partial charge on any atom is -0.338 e. The summed E-state index contributed by atoms with van der Waals surface area (Å²) in [6.07, 6.45) is 5.18. The zero-order valence-electron chi connectivity index (χ0n) is 13.1. The van der Waals surface area contributed by atoms with Crippen LogP contribution in [0.3, 0.4) is 0 Å². The van der Waals surface area contributed by atoms with E-state index in [1.807, 2.05) is 61.1 Å². The van der Waals surface area contributed by atoms with Crippen LogP contribution in [0.4, 0.5) is 0 Å². The molecule has 0 bridgehead atoms. The summed E-state index contributed by atoms with van der Waals surface area (Å²) >= 11 is 0. The largest absolute Gasteiger partial charge is 0.338 e. The number of hydrogen-bond donors (Lipinski definition) is 1. The van der Waals surface area contributed by atoms with Crippen LogP contribution in [0.1, 0.15) is 33.5 Å². The number of hydrogen-bond acceptors (Lipinski definition) is 3. The first kappa shape index (κ1) is 15.0. The zero-order chi connectivity index (χ0) is 16.2. The van der Waals surface area contributed by atoms with Gasteiger partial charge in [-0.1, -0.05) is 30.3 Å². The lowest BCUT2D eigenvalue weighted by molar-refractivity contribution is 0.0941. The first-order valence-electron chi connectivity index (χ1n) is 7.41. The van der Waals surface area contributed by atoms with E-state index in [4.69, 9.17) is 0 Å². The van der Waals surface area contributed by atoms with Gasteiger partial charge in [0.2, 0.25) is 0 Å². The van der Waals surface area contributed by atoms with Gasteiger partial charge in [-0.3, -0.25) is 9.78 Å². The minimum atomic E-state index is -0.315. The molecule has 0 aliphatic heterocycles. The Labute approximate surface area is 135 Å². The van der Waals surface area contributed by atoms with Crippen molar-refractivity contribution >= 4 is 5.91 Å². The number of nitrogens with zero attached hydrogens (tertiary/aromatic N) is 3. The van der Waals surface area contributed by atoms with Crippen molar-refractivity contribution in [3.05, 3.63) is 83.7 Å². The number of aryl methyl sites for hydroxylation is 2. The standard InChI is InChI=1S/C18H18N4O/c1-13-8-9-15(12-20-13)18(23)21-16(14-6-4-3-5-7-14)17-19-10-11-22(17)2/h3-12,16H,1-2H3,(H,21,23)/t16-/m1/s1. The molecular weight excluding hydrogens is 288 g/mol. The van der Waals surface area contributed by atoms with Gasteiger partial charge < -0.3 is 9.88 Å². The quantitative estimate of drug-likeness (QED) is 0.806. The summed E-state index contributed by atoms with van der Waals surface area (Å²) in [7, 11) is 1.91. The molecule has 1 N–H and O–H groups in total. The topological polar surface area (TPSA) is 59.8 Å². The molecule has 0 spiro atoms. The van der Waals surface area contributed by atoms with Gasteiger partial charge in [-0.05, 0) is 24.6 Å². The fraction of sp³-hybridized carbons (Fsp3) is 0.167. The number of imidazole rings is 1. The Morgan fingerprint density at radius 2 is 1.91 bits per heavy atom. The van der Waals surface area contributed by atoms with E-state index in [2.05, 4.69) is 15.3 Å². The third-order valence-electron chi connectivity index (χ3n) is 3.70. The molecule has 5 nitrogen and oxygen atoms in total. The third kappa shape index (κ3) is 3.29. The van der Waals surface area contributed by atoms with Crippen LogP contribution in [0.15, 0.2) is 61.1 Å². The highest BCUT2D eigenvalue weighted by molar-refractivity contribution is 5.94. The van der Waals surface area contributed by atoms with Crippen molar-refractivity contribution in [2.24, 2.45) is 7.05 Å². The number of amides is 1. The van der Waals surface area contributed by atoms with Crippen molar-refractivity contribution in [1.82, 2.24) is 19.9 Å². The van der Waals surface area contributed by atoms with E-state index in [9.17, 15) is 4.79 Å². The number of nitrogens with one attached hydrogen (secondary N) is 1. The second kappa shape index (κ2) is 6.44. The van der Waals surface area contributed by atoms with Crippen molar-refractivity contribution in [3.63, 3.8) is 0 Å². The maximum absolute atomic E-state index is 12.6. The van der Waals surface area contributed by atoms with Gasteiger partial charge in [-0.2, -0.15) is 0 Å². The molecule has 5 heteroatoms. The Balaban J connectivity index is 1.92. The van der Waals surface area contributed by atoms with Crippen molar-refractivity contribution in [2.45, 2.75) is 13.0 Å². The average molecular weight is 306 g/mol. The molecule has 0 fully saturated rings. The Morgan fingerprint density at radius 1 is 1.13 bits per heavy atom. The van der Waals surface area contributed by atoms with Crippen LogP contribution in [0.5, 0.6) is 0 Å². The molecule has 2 heterocycles. The van der Waals surface area contributed by atoms with Crippen molar-refractivity contribution in [3.8, 4) is 0 Å². The predicted octanol–water partition coefficient (Wildman–Crippen LogP) is 2.64. The van der Waals surface area contributed by atoms with E-state index >= 15 is 0 Å². The molecule has 0 aliphatic rings. The summed E-state index contributed by atoms with van der Waals surface area (Å²) in [4.78, 5) is 21.1. The summed E-state index contributed by atoms with van der Waals surface area (Å²) in [6, 6.07) is 13.1. The highest BCUT2D eigenvalue weighted by Crippen LogP contribution is 2.20. The van der Waals surface area contributed by atoms with Crippen LogP contribution < -0.4 is 5.32 Å². The summed E-state index contributed by atoms with van der Waals surface area (Å²) in [5.41, 5.74) is 2.39. The van der Waals surface area contributed by atoms with Crippen LogP contribution in [0, 0.1) is 6.92 Å². The number of pyridine rings is 1. The fourth-order valence-corrected chi connectivity index (χ4v) is 2.41. The zero-order valence-corrected chi connectivity index (χ0v) is 13.1. The second-order valence-electron chi connectivity index (χ2n) is 5.40. The second-order valence-corrected chi connectivity index (χ2v) is 5.40. The van der Waals surface area contributed by atoms with Crippen LogP contribution in [0.2, 0.25) is 0 Å². The van der Waals surface area contributed by atoms with Gasteiger partial charge in [0.25, 0.3) is 5.91 Å². The lowest BCUT2D eigenvalue weighted by Crippen LogP contribution is -2.31. The summed E-state index contributed by atoms with van der Waals surface area (Å²) in [6.45, 7) is 1.89. The predicted molar refractivity (Wildman–Crippen MR) is 87.9 cm³/mol. The molecule has 0 radical (unpaired) electrons. The number of benzene rings is 1. The molecule has 1 amide bonds. The molecule has 0 saturated carbocycles. The first-order valence-corrected chi connectivity index (χ1v) is 7.41. The average Bonchev–Trinajstić information content (AvgIpc) is 2.99. The molecule has 1 atom stereocenters. The summed E-state index contributed by atoms with van der Waals surface area (Å²) < 4.78 is 1.91. The van der Waals surface area contributed by atoms with Crippen molar-refractivity contribution in [2.75, 3.05) is 0 Å². The molecule has 2 aromatic heterocycles. The molecule has 0 unspecified atom stereocenters. The van der Waals surface area contributed by atoms with Gasteiger partial charge in [-0.25, -0.2) is 4.98 Å². The van der Waals surface area contributed by atoms with E-state index in [1.165, 1.54) is 0 Å². The molecule has 116 valence electrons. The van der Waals surface area contributed by atoms with Gasteiger partial charge in [-0.15, -0.1) is 0 Å². The normalized spacial score (nSPS) is 11.9. The SMILES string of the molecule is Cc1ccc(C(=O)N[C@H](c2ccccc2)c2nccn2C)cn1. The summed E-state index contributed by atoms with van der Waals surface area (Å²) in [5, 5.41) is 3.05. The van der Waals surface area contributed by atoms with Gasteiger partial charge in [0.15, 0.2) is 0 Å². The maximum atomic E-state index is 12.6. The van der Waals surface area contributed by atoms with Gasteiger partial charge >= 0.3 is 0 Å².